The van der Waals surface area contributed by atoms with Crippen LogP contribution in [0.5, 0.6) is 0 Å². The normalized spacial score (nSPS) is 42.3. The van der Waals surface area contributed by atoms with Crippen LogP contribution in [0.2, 0.25) is 0 Å². The van der Waals surface area contributed by atoms with Crippen molar-refractivity contribution in [3.63, 3.8) is 0 Å². The highest BCUT2D eigenvalue weighted by atomic mass is 79.9. The summed E-state index contributed by atoms with van der Waals surface area (Å²) in [7, 11) is 0. The van der Waals surface area contributed by atoms with E-state index < -0.39 is 52.3 Å². The van der Waals surface area contributed by atoms with Crippen LogP contribution < -0.4 is 10.9 Å². The maximum atomic E-state index is 12.9. The maximum Gasteiger partial charge on any atom is 0.309 e. The second kappa shape index (κ2) is 6.67. The fourth-order valence-corrected chi connectivity index (χ4v) is 8.02. The molecule has 0 heterocycles. The van der Waals surface area contributed by atoms with Gasteiger partial charge in [0.1, 0.15) is 9.75 Å². The van der Waals surface area contributed by atoms with Gasteiger partial charge in [0.05, 0.1) is 30.5 Å². The van der Waals surface area contributed by atoms with E-state index in [-0.39, 0.29) is 10.1 Å². The summed E-state index contributed by atoms with van der Waals surface area (Å²) in [6.07, 6.45) is 0.462. The quantitative estimate of drug-likeness (QED) is 0.318. The molecule has 3 N–H and O–H groups in total. The van der Waals surface area contributed by atoms with Crippen molar-refractivity contribution < 1.29 is 19.5 Å². The minimum Gasteiger partial charge on any atom is -0.481 e. The smallest absolute Gasteiger partial charge is 0.309 e. The fraction of sp³-hybridized carbons (Fsp3) is 0.643. The lowest BCUT2D eigenvalue weighted by Crippen LogP contribution is -2.54. The van der Waals surface area contributed by atoms with E-state index in [1.807, 2.05) is 0 Å². The SMILES string of the molecule is C[C@]1(C(=O)NNC(=O)[C@H]2[C@H](C(=O)O)[C@]3(Cl)C(Cl)=C(Cl)[C@]2(Cl)C3(Cl)Cl)CC1(Br)Br. The number of halogens is 8. The average Bonchev–Trinajstić information content (AvgIpc) is 3.03. The predicted octanol–water partition coefficient (Wildman–Crippen LogP) is 4.19. The van der Waals surface area contributed by atoms with E-state index in [4.69, 9.17) is 69.6 Å². The summed E-state index contributed by atoms with van der Waals surface area (Å²) >= 11 is 44.5. The van der Waals surface area contributed by atoms with Gasteiger partial charge < -0.3 is 5.11 Å². The number of nitrogens with one attached hydrogen (secondary N) is 2. The van der Waals surface area contributed by atoms with Crippen molar-refractivity contribution in [1.82, 2.24) is 10.9 Å². The Morgan fingerprint density at radius 1 is 1.00 bits per heavy atom. The summed E-state index contributed by atoms with van der Waals surface area (Å²) < 4.78 is -2.82. The van der Waals surface area contributed by atoms with Gasteiger partial charge in [-0.05, 0) is 13.3 Å². The molecular weight excluding hydrogens is 633 g/mol. The number of hydrogen-bond acceptors (Lipinski definition) is 3. The molecule has 3 aliphatic rings. The standard InChI is InChI=1S/C14H10Br2Cl6N2O4/c1-10(2-11(10,15)16)9(28)24-23-7(25)3-4(8(26)27)13(20)6(18)5(17)12(3,19)14(13,21)22/h3-4H,2H2,1H3,(H,23,25)(H,24,28)(H,26,27)/t3-,4-,10-,12+,13+/m1/s1. The van der Waals surface area contributed by atoms with E-state index in [2.05, 4.69) is 42.7 Å². The number of hydrogen-bond donors (Lipinski definition) is 3. The Bertz CT molecular complexity index is 854. The minimum absolute atomic E-state index is 0.325. The zero-order chi connectivity index (χ0) is 21.7. The number of carbonyl (C=O) groups excluding carboxylic acids is 2. The van der Waals surface area contributed by atoms with Crippen LogP contribution in [-0.4, -0.2) is 40.2 Å². The Balaban J connectivity index is 1.92. The molecule has 2 amide bonds. The van der Waals surface area contributed by atoms with Gasteiger partial charge >= 0.3 is 5.97 Å². The molecule has 14 heteroatoms. The molecule has 0 radical (unpaired) electrons. The number of carbonyl (C=O) groups is 3. The lowest BCUT2D eigenvalue weighted by molar-refractivity contribution is -0.147. The molecule has 0 aliphatic heterocycles. The summed E-state index contributed by atoms with van der Waals surface area (Å²) in [5.74, 6) is -6.34. The first-order chi connectivity index (χ1) is 12.5. The van der Waals surface area contributed by atoms with Gasteiger partial charge in [0.15, 0.2) is 4.33 Å². The number of amides is 2. The third kappa shape index (κ3) is 2.61. The lowest BCUT2D eigenvalue weighted by atomic mass is 9.81. The van der Waals surface area contributed by atoms with E-state index in [9.17, 15) is 19.5 Å². The molecule has 3 rings (SSSR count). The Morgan fingerprint density at radius 3 is 1.82 bits per heavy atom. The number of rotatable bonds is 3. The van der Waals surface area contributed by atoms with Crippen molar-refractivity contribution in [3.8, 4) is 0 Å². The fourth-order valence-electron chi connectivity index (χ4n) is 3.61. The highest BCUT2D eigenvalue weighted by Crippen LogP contribution is 2.76. The third-order valence-corrected chi connectivity index (χ3v) is 12.1. The van der Waals surface area contributed by atoms with E-state index in [0.29, 0.717) is 6.42 Å². The van der Waals surface area contributed by atoms with E-state index >= 15 is 0 Å². The molecule has 0 saturated heterocycles. The first kappa shape index (κ1) is 23.5. The Morgan fingerprint density at radius 2 is 1.43 bits per heavy atom. The molecule has 156 valence electrons. The van der Waals surface area contributed by atoms with Crippen molar-refractivity contribution in [2.45, 2.75) is 30.7 Å². The van der Waals surface area contributed by atoms with Crippen molar-refractivity contribution in [2.75, 3.05) is 0 Å². The van der Waals surface area contributed by atoms with Crippen LogP contribution in [-0.2, 0) is 14.4 Å². The van der Waals surface area contributed by atoms with Crippen LogP contribution in [0.4, 0.5) is 0 Å². The summed E-state index contributed by atoms with van der Waals surface area (Å²) in [5, 5.41) is 9.02. The summed E-state index contributed by atoms with van der Waals surface area (Å²) in [6, 6.07) is 0. The van der Waals surface area contributed by atoms with Crippen LogP contribution in [0, 0.1) is 17.3 Å². The predicted molar refractivity (Wildman–Crippen MR) is 115 cm³/mol. The topological polar surface area (TPSA) is 95.5 Å². The van der Waals surface area contributed by atoms with Gasteiger partial charge in [-0.1, -0.05) is 78.3 Å². The maximum absolute atomic E-state index is 12.9. The molecule has 0 spiro atoms. The zero-order valence-electron chi connectivity index (χ0n) is 13.6. The molecule has 2 fully saturated rings. The number of carboxylic acid groups (broad SMARTS) is 1. The van der Waals surface area contributed by atoms with Gasteiger partial charge in [0, 0.05) is 0 Å². The largest absolute Gasteiger partial charge is 0.481 e. The highest BCUT2D eigenvalue weighted by Gasteiger charge is 2.85. The van der Waals surface area contributed by atoms with Crippen molar-refractivity contribution in [1.29, 1.82) is 0 Å². The Kier molecular flexibility index (Phi) is 5.60. The molecule has 0 aromatic rings. The summed E-state index contributed by atoms with van der Waals surface area (Å²) in [5.41, 5.74) is 3.58. The van der Waals surface area contributed by atoms with Crippen molar-refractivity contribution in [2.24, 2.45) is 17.3 Å². The molecule has 2 bridgehead atoms. The second-order valence-electron chi connectivity index (χ2n) is 7.08. The van der Waals surface area contributed by atoms with E-state index in [1.54, 1.807) is 6.92 Å². The molecule has 2 saturated carbocycles. The number of fused-ring (bicyclic) bond motifs is 2. The van der Waals surface area contributed by atoms with Gasteiger partial charge in [0.25, 0.3) is 0 Å². The number of allylic oxidation sites excluding steroid dienone is 2. The average molecular weight is 643 g/mol. The van der Waals surface area contributed by atoms with Crippen LogP contribution in [0.1, 0.15) is 13.3 Å². The van der Waals surface area contributed by atoms with E-state index in [0.717, 1.165) is 0 Å². The van der Waals surface area contributed by atoms with Gasteiger partial charge in [0.2, 0.25) is 11.8 Å². The van der Waals surface area contributed by atoms with Gasteiger partial charge in [-0.15, -0.1) is 23.2 Å². The first-order valence-electron chi connectivity index (χ1n) is 7.54. The molecule has 0 unspecified atom stereocenters. The summed E-state index contributed by atoms with van der Waals surface area (Å²) in [4.78, 5) is 32.9. The first-order valence-corrected chi connectivity index (χ1v) is 11.4. The number of hydrazine groups is 1. The monoisotopic (exact) mass is 638 g/mol. The van der Waals surface area contributed by atoms with Gasteiger partial charge in [-0.3, -0.25) is 25.2 Å². The molecule has 0 aromatic heterocycles. The van der Waals surface area contributed by atoms with Gasteiger partial charge in [-0.25, -0.2) is 0 Å². The number of carboxylic acids is 1. The van der Waals surface area contributed by atoms with Crippen LogP contribution in [0.3, 0.4) is 0 Å². The molecule has 5 atom stereocenters. The minimum atomic E-state index is -2.21. The lowest BCUT2D eigenvalue weighted by Gasteiger charge is -2.33. The molecule has 6 nitrogen and oxygen atoms in total. The summed E-state index contributed by atoms with van der Waals surface area (Å²) in [6.45, 7) is 1.66. The molecular formula is C14H10Br2Cl6N2O4. The van der Waals surface area contributed by atoms with Crippen LogP contribution >= 0.6 is 101 Å². The van der Waals surface area contributed by atoms with Crippen LogP contribution in [0.15, 0.2) is 10.1 Å². The van der Waals surface area contributed by atoms with Crippen molar-refractivity contribution in [3.05, 3.63) is 10.1 Å². The Labute approximate surface area is 206 Å². The highest BCUT2D eigenvalue weighted by molar-refractivity contribution is 9.25. The molecule has 3 aliphatic carbocycles. The van der Waals surface area contributed by atoms with Crippen molar-refractivity contribution >= 4 is 119 Å². The molecule has 28 heavy (non-hydrogen) atoms. The van der Waals surface area contributed by atoms with Gasteiger partial charge in [-0.2, -0.15) is 0 Å². The number of alkyl halides is 6. The third-order valence-electron chi connectivity index (χ3n) is 5.54. The second-order valence-corrected chi connectivity index (χ2v) is 14.1. The zero-order valence-corrected chi connectivity index (χ0v) is 21.3. The van der Waals surface area contributed by atoms with Crippen LogP contribution in [0.25, 0.3) is 0 Å². The Hall–Kier alpha value is 0.850. The number of aliphatic carboxylic acids is 1. The van der Waals surface area contributed by atoms with E-state index in [1.165, 1.54) is 0 Å². The molecule has 0 aromatic carbocycles.